The van der Waals surface area contributed by atoms with Crippen LogP contribution in [-0.4, -0.2) is 33.3 Å². The van der Waals surface area contributed by atoms with Gasteiger partial charge in [-0.3, -0.25) is 0 Å². The molecule has 0 spiro atoms. The summed E-state index contributed by atoms with van der Waals surface area (Å²) < 4.78 is 0. The number of aliphatic hydroxyl groups excluding tert-OH is 3. The summed E-state index contributed by atoms with van der Waals surface area (Å²) >= 11 is 3.90. The zero-order valence-corrected chi connectivity index (χ0v) is 8.25. The summed E-state index contributed by atoms with van der Waals surface area (Å²) in [7, 11) is 0. The van der Waals surface area contributed by atoms with Crippen LogP contribution in [0.25, 0.3) is 0 Å². The molecule has 0 saturated heterocycles. The zero-order valence-electron chi connectivity index (χ0n) is 7.36. The van der Waals surface area contributed by atoms with Gasteiger partial charge in [0.2, 0.25) is 0 Å². The molecule has 2 unspecified atom stereocenters. The van der Waals surface area contributed by atoms with E-state index in [0.717, 1.165) is 5.57 Å². The summed E-state index contributed by atoms with van der Waals surface area (Å²) in [6, 6.07) is 0. The first-order chi connectivity index (χ1) is 5.54. The maximum absolute atomic E-state index is 9.36. The topological polar surface area (TPSA) is 60.7 Å². The summed E-state index contributed by atoms with van der Waals surface area (Å²) in [6.45, 7) is 3.35. The smallest absolute Gasteiger partial charge is 0.124 e. The van der Waals surface area contributed by atoms with Crippen molar-refractivity contribution in [3.63, 3.8) is 0 Å². The monoisotopic (exact) mass is 192 g/mol. The molecule has 0 saturated carbocycles. The molecule has 0 bridgehead atoms. The standard InChI is InChI=1S/C8H16O3S/c1-3-5(2)7(10)8(11)6(12)4-9/h6,8-12H,3-4H2,1-2H3/b7-5+. The van der Waals surface area contributed by atoms with Gasteiger partial charge in [-0.25, -0.2) is 0 Å². The van der Waals surface area contributed by atoms with Crippen LogP contribution in [-0.2, 0) is 0 Å². The van der Waals surface area contributed by atoms with Gasteiger partial charge in [-0.1, -0.05) is 6.92 Å². The van der Waals surface area contributed by atoms with Gasteiger partial charge in [-0.05, 0) is 18.9 Å². The summed E-state index contributed by atoms with van der Waals surface area (Å²) in [5, 5.41) is 26.7. The fourth-order valence-corrected chi connectivity index (χ4v) is 0.857. The quantitative estimate of drug-likeness (QED) is 0.395. The lowest BCUT2D eigenvalue weighted by Crippen LogP contribution is -2.27. The molecule has 3 nitrogen and oxygen atoms in total. The lowest BCUT2D eigenvalue weighted by molar-refractivity contribution is 0.124. The van der Waals surface area contributed by atoms with Crippen LogP contribution in [0, 0.1) is 0 Å². The Kier molecular flexibility index (Phi) is 5.37. The molecule has 72 valence electrons. The summed E-state index contributed by atoms with van der Waals surface area (Å²) in [5.41, 5.74) is 0.718. The van der Waals surface area contributed by atoms with E-state index in [9.17, 15) is 10.2 Å². The van der Waals surface area contributed by atoms with Crippen molar-refractivity contribution in [1.82, 2.24) is 0 Å². The highest BCUT2D eigenvalue weighted by Gasteiger charge is 2.19. The normalized spacial score (nSPS) is 18.4. The van der Waals surface area contributed by atoms with Crippen LogP contribution in [0.4, 0.5) is 0 Å². The average Bonchev–Trinajstić information content (AvgIpc) is 2.12. The Morgan fingerprint density at radius 1 is 1.50 bits per heavy atom. The Balaban J connectivity index is 4.36. The van der Waals surface area contributed by atoms with Crippen LogP contribution in [0.5, 0.6) is 0 Å². The van der Waals surface area contributed by atoms with E-state index in [1.807, 2.05) is 6.92 Å². The number of allylic oxidation sites excluding steroid dienone is 1. The molecule has 0 fully saturated rings. The molecule has 0 radical (unpaired) electrons. The van der Waals surface area contributed by atoms with E-state index in [-0.39, 0.29) is 12.4 Å². The minimum Gasteiger partial charge on any atom is -0.510 e. The highest BCUT2D eigenvalue weighted by molar-refractivity contribution is 7.81. The zero-order chi connectivity index (χ0) is 9.72. The van der Waals surface area contributed by atoms with Crippen LogP contribution in [0.1, 0.15) is 20.3 Å². The minimum absolute atomic E-state index is 0.0773. The maximum atomic E-state index is 9.36. The molecule has 12 heavy (non-hydrogen) atoms. The molecule has 3 N–H and O–H groups in total. The number of aliphatic hydroxyl groups is 3. The third-order valence-electron chi connectivity index (χ3n) is 1.80. The van der Waals surface area contributed by atoms with Crippen LogP contribution < -0.4 is 0 Å². The second-order valence-electron chi connectivity index (χ2n) is 2.71. The molecule has 0 aliphatic carbocycles. The Bertz CT molecular complexity index is 168. The highest BCUT2D eigenvalue weighted by atomic mass is 32.1. The number of hydrogen-bond donors (Lipinski definition) is 4. The molecule has 0 heterocycles. The first-order valence-corrected chi connectivity index (χ1v) is 4.41. The minimum atomic E-state index is -1.07. The third-order valence-corrected chi connectivity index (χ3v) is 2.24. The Labute approximate surface area is 78.1 Å². The number of hydrogen-bond acceptors (Lipinski definition) is 4. The molecule has 0 aromatic heterocycles. The van der Waals surface area contributed by atoms with E-state index in [0.29, 0.717) is 6.42 Å². The second-order valence-corrected chi connectivity index (χ2v) is 3.38. The predicted molar refractivity (Wildman–Crippen MR) is 51.5 cm³/mol. The molecule has 0 aromatic carbocycles. The SMILES string of the molecule is CC/C(C)=C(/O)C(O)C(S)CO. The maximum Gasteiger partial charge on any atom is 0.124 e. The fraction of sp³-hybridized carbons (Fsp3) is 0.750. The first-order valence-electron chi connectivity index (χ1n) is 3.90. The van der Waals surface area contributed by atoms with Crippen LogP contribution in [0.2, 0.25) is 0 Å². The molecule has 2 atom stereocenters. The van der Waals surface area contributed by atoms with Gasteiger partial charge in [0.15, 0.2) is 0 Å². The van der Waals surface area contributed by atoms with Gasteiger partial charge >= 0.3 is 0 Å². The third kappa shape index (κ3) is 3.05. The van der Waals surface area contributed by atoms with Crippen LogP contribution in [0.3, 0.4) is 0 Å². The largest absolute Gasteiger partial charge is 0.510 e. The van der Waals surface area contributed by atoms with E-state index < -0.39 is 11.4 Å². The van der Waals surface area contributed by atoms with E-state index in [4.69, 9.17) is 5.11 Å². The van der Waals surface area contributed by atoms with Crippen molar-refractivity contribution < 1.29 is 15.3 Å². The van der Waals surface area contributed by atoms with Gasteiger partial charge in [0.05, 0.1) is 11.9 Å². The van der Waals surface area contributed by atoms with E-state index in [2.05, 4.69) is 12.6 Å². The van der Waals surface area contributed by atoms with Crippen molar-refractivity contribution in [2.45, 2.75) is 31.6 Å². The van der Waals surface area contributed by atoms with E-state index in [1.165, 1.54) is 0 Å². The van der Waals surface area contributed by atoms with Crippen molar-refractivity contribution in [3.8, 4) is 0 Å². The Hall–Kier alpha value is -0.190. The second kappa shape index (κ2) is 5.45. The van der Waals surface area contributed by atoms with Gasteiger partial charge in [-0.15, -0.1) is 0 Å². The van der Waals surface area contributed by atoms with Crippen molar-refractivity contribution in [2.75, 3.05) is 6.61 Å². The van der Waals surface area contributed by atoms with Crippen molar-refractivity contribution >= 4 is 12.6 Å². The van der Waals surface area contributed by atoms with Gasteiger partial charge < -0.3 is 15.3 Å². The predicted octanol–water partition coefficient (Wildman–Crippen LogP) is 0.880. The van der Waals surface area contributed by atoms with Crippen LogP contribution in [0.15, 0.2) is 11.3 Å². The summed E-state index contributed by atoms with van der Waals surface area (Å²) in [5.74, 6) is -0.0773. The molecule has 0 rings (SSSR count). The first kappa shape index (κ1) is 11.8. The average molecular weight is 192 g/mol. The van der Waals surface area contributed by atoms with Gasteiger partial charge in [0, 0.05) is 0 Å². The molecular weight excluding hydrogens is 176 g/mol. The van der Waals surface area contributed by atoms with Gasteiger partial charge in [0.1, 0.15) is 11.9 Å². The number of rotatable bonds is 4. The van der Waals surface area contributed by atoms with Crippen molar-refractivity contribution in [1.29, 1.82) is 0 Å². The molecular formula is C8H16O3S. The van der Waals surface area contributed by atoms with E-state index in [1.54, 1.807) is 6.92 Å². The molecule has 0 amide bonds. The lowest BCUT2D eigenvalue weighted by Gasteiger charge is -2.16. The Morgan fingerprint density at radius 3 is 2.33 bits per heavy atom. The molecule has 0 aliphatic rings. The van der Waals surface area contributed by atoms with Crippen LogP contribution >= 0.6 is 12.6 Å². The van der Waals surface area contributed by atoms with E-state index >= 15 is 0 Å². The van der Waals surface area contributed by atoms with Crippen molar-refractivity contribution in [3.05, 3.63) is 11.3 Å². The lowest BCUT2D eigenvalue weighted by atomic mass is 10.1. The Morgan fingerprint density at radius 2 is 2.00 bits per heavy atom. The van der Waals surface area contributed by atoms with Gasteiger partial charge in [0.25, 0.3) is 0 Å². The number of thiol groups is 1. The molecule has 4 heteroatoms. The summed E-state index contributed by atoms with van der Waals surface area (Å²) in [4.78, 5) is 0. The fourth-order valence-electron chi connectivity index (χ4n) is 0.716. The highest BCUT2D eigenvalue weighted by Crippen LogP contribution is 2.14. The molecule has 0 aliphatic heterocycles. The molecule has 0 aromatic rings. The van der Waals surface area contributed by atoms with Crippen molar-refractivity contribution in [2.24, 2.45) is 0 Å². The summed E-state index contributed by atoms with van der Waals surface area (Å²) in [6.07, 6.45) is -0.396. The van der Waals surface area contributed by atoms with Gasteiger partial charge in [-0.2, -0.15) is 12.6 Å².